The topological polar surface area (TPSA) is 133 Å². The molecule has 1 heterocycles. The molecule has 0 aliphatic carbocycles. The smallest absolute Gasteiger partial charge is 0.357 e. The highest BCUT2D eigenvalue weighted by Gasteiger charge is 2.49. The van der Waals surface area contributed by atoms with Crippen molar-refractivity contribution in [3.8, 4) is 11.5 Å². The third-order valence-corrected chi connectivity index (χ3v) is 9.64. The minimum Gasteiger partial charge on any atom is -0.457 e. The number of carbonyl (C=O) groups excluding carboxylic acids is 1. The summed E-state index contributed by atoms with van der Waals surface area (Å²) < 4.78 is 58.1. The summed E-state index contributed by atoms with van der Waals surface area (Å²) >= 11 is 0. The fraction of sp³-hybridized carbons (Fsp3) is 0.240. The molecule has 0 spiro atoms. The Bertz CT molecular complexity index is 1470. The highest BCUT2D eigenvalue weighted by Crippen LogP contribution is 2.31. The molecule has 0 radical (unpaired) electrons. The standard InChI is InChI=1S/C25H27N3O7S2/c1-36(30,31)27-15-17-28(18-16-27,34-19-20-7-5-6-10-24(20)25(26)29)37(32,33)23-13-11-22(12-14-23)35-21-8-3-2-4-9-21/h2-14H,15-19H2,1H3,(H-,26,29)/p+1. The van der Waals surface area contributed by atoms with Gasteiger partial charge in [0.2, 0.25) is 15.9 Å². The first-order valence-electron chi connectivity index (χ1n) is 11.4. The fourth-order valence-electron chi connectivity index (χ4n) is 4.09. The van der Waals surface area contributed by atoms with Crippen LogP contribution in [0.4, 0.5) is 0 Å². The molecule has 1 fully saturated rings. The van der Waals surface area contributed by atoms with Crippen molar-refractivity contribution in [1.29, 1.82) is 0 Å². The van der Waals surface area contributed by atoms with E-state index in [-0.39, 0.29) is 43.2 Å². The molecule has 2 N–H and O–H groups in total. The molecule has 1 amide bonds. The lowest BCUT2D eigenvalue weighted by atomic mass is 10.1. The Morgan fingerprint density at radius 3 is 2.03 bits per heavy atom. The Morgan fingerprint density at radius 2 is 1.43 bits per heavy atom. The van der Waals surface area contributed by atoms with Crippen LogP contribution in [-0.4, -0.2) is 63.5 Å². The molecular formula is C25H28N3O7S2+. The van der Waals surface area contributed by atoms with Gasteiger partial charge < -0.3 is 10.5 Å². The van der Waals surface area contributed by atoms with Crippen LogP contribution < -0.4 is 10.5 Å². The van der Waals surface area contributed by atoms with Crippen molar-refractivity contribution in [3.05, 3.63) is 90.0 Å². The fourth-order valence-corrected chi connectivity index (χ4v) is 6.62. The number of nitrogens with two attached hydrogens (primary N) is 1. The van der Waals surface area contributed by atoms with E-state index in [4.69, 9.17) is 15.3 Å². The van der Waals surface area contributed by atoms with Crippen molar-refractivity contribution < 1.29 is 35.3 Å². The molecule has 0 unspecified atom stereocenters. The molecule has 1 aliphatic rings. The number of primary amides is 1. The number of sulfonamides is 2. The molecule has 1 saturated heterocycles. The van der Waals surface area contributed by atoms with Crippen LogP contribution in [0.2, 0.25) is 0 Å². The normalized spacial score (nSPS) is 16.2. The molecule has 0 bridgehead atoms. The SMILES string of the molecule is CS(=O)(=O)N1CC[N+](OCc2ccccc2C(N)=O)(S(=O)(=O)c2ccc(Oc3ccccc3)cc2)CC1. The molecule has 0 saturated carbocycles. The number of para-hydroxylation sites is 1. The van der Waals surface area contributed by atoms with Gasteiger partial charge >= 0.3 is 10.0 Å². The summed E-state index contributed by atoms with van der Waals surface area (Å²) in [7, 11) is -7.67. The summed E-state index contributed by atoms with van der Waals surface area (Å²) in [6, 6.07) is 21.5. The number of hydrogen-bond donors (Lipinski definition) is 1. The molecule has 4 rings (SSSR count). The number of nitrogens with zero attached hydrogens (tertiary/aromatic N) is 2. The van der Waals surface area contributed by atoms with Gasteiger partial charge in [-0.15, -0.1) is 0 Å². The van der Waals surface area contributed by atoms with E-state index in [9.17, 15) is 21.6 Å². The maximum absolute atomic E-state index is 13.9. The Kier molecular flexibility index (Phi) is 7.67. The van der Waals surface area contributed by atoms with E-state index in [2.05, 4.69) is 0 Å². The van der Waals surface area contributed by atoms with Crippen molar-refractivity contribution in [2.45, 2.75) is 11.5 Å². The van der Waals surface area contributed by atoms with Gasteiger partial charge in [-0.2, -0.15) is 17.6 Å². The van der Waals surface area contributed by atoms with Gasteiger partial charge in [-0.25, -0.2) is 8.42 Å². The summed E-state index contributed by atoms with van der Waals surface area (Å²) in [5.41, 5.74) is 6.11. The van der Waals surface area contributed by atoms with Crippen LogP contribution >= 0.6 is 0 Å². The highest BCUT2D eigenvalue weighted by molar-refractivity contribution is 7.88. The van der Waals surface area contributed by atoms with E-state index in [1.807, 2.05) is 18.2 Å². The van der Waals surface area contributed by atoms with E-state index in [0.29, 0.717) is 17.1 Å². The number of carbonyl (C=O) groups is 1. The van der Waals surface area contributed by atoms with Crippen LogP contribution in [0.5, 0.6) is 11.5 Å². The maximum Gasteiger partial charge on any atom is 0.357 e. The zero-order valence-corrected chi connectivity index (χ0v) is 21.8. The van der Waals surface area contributed by atoms with Gasteiger partial charge in [-0.05, 0) is 48.0 Å². The molecular weight excluding hydrogens is 518 g/mol. The third-order valence-electron chi connectivity index (χ3n) is 6.13. The number of ether oxygens (including phenoxy) is 1. The molecule has 3 aromatic carbocycles. The van der Waals surface area contributed by atoms with E-state index in [1.54, 1.807) is 42.5 Å². The largest absolute Gasteiger partial charge is 0.457 e. The van der Waals surface area contributed by atoms with Gasteiger partial charge in [0.25, 0.3) is 0 Å². The molecule has 12 heteroatoms. The molecule has 0 aromatic heterocycles. The minimum atomic E-state index is -4.16. The van der Waals surface area contributed by atoms with E-state index < -0.39 is 30.0 Å². The van der Waals surface area contributed by atoms with Crippen molar-refractivity contribution in [3.63, 3.8) is 0 Å². The first-order chi connectivity index (χ1) is 17.5. The van der Waals surface area contributed by atoms with E-state index in [1.165, 1.54) is 22.5 Å². The number of piperazine rings is 1. The Labute approximate surface area is 216 Å². The summed E-state index contributed by atoms with van der Waals surface area (Å²) in [5.74, 6) is 0.398. The first kappa shape index (κ1) is 26.8. The average Bonchev–Trinajstić information content (AvgIpc) is 2.88. The van der Waals surface area contributed by atoms with E-state index >= 15 is 0 Å². The van der Waals surface area contributed by atoms with Gasteiger partial charge in [0.1, 0.15) is 36.1 Å². The Hall–Kier alpha value is -3.29. The summed E-state index contributed by atoms with van der Waals surface area (Å²) in [4.78, 5) is 17.9. The minimum absolute atomic E-state index is 0.0103. The number of benzene rings is 3. The van der Waals surface area contributed by atoms with Crippen molar-refractivity contribution in [1.82, 2.24) is 4.31 Å². The Morgan fingerprint density at radius 1 is 0.865 bits per heavy atom. The molecule has 0 atom stereocenters. The maximum atomic E-state index is 13.9. The average molecular weight is 547 g/mol. The van der Waals surface area contributed by atoms with Crippen molar-refractivity contribution in [2.24, 2.45) is 5.73 Å². The van der Waals surface area contributed by atoms with Crippen LogP contribution in [0.15, 0.2) is 83.8 Å². The Balaban J connectivity index is 1.64. The molecule has 37 heavy (non-hydrogen) atoms. The predicted molar refractivity (Wildman–Crippen MR) is 136 cm³/mol. The predicted octanol–water partition coefficient (Wildman–Crippen LogP) is 2.49. The van der Waals surface area contributed by atoms with Crippen molar-refractivity contribution >= 4 is 26.0 Å². The second-order valence-electron chi connectivity index (χ2n) is 8.58. The number of amides is 1. The zero-order chi connectivity index (χ0) is 26.7. The summed E-state index contributed by atoms with van der Waals surface area (Å²) in [6.45, 7) is -0.602. The number of rotatable bonds is 9. The van der Waals surface area contributed by atoms with Gasteiger partial charge in [0, 0.05) is 5.56 Å². The monoisotopic (exact) mass is 546 g/mol. The van der Waals surface area contributed by atoms with Crippen LogP contribution in [-0.2, 0) is 31.5 Å². The number of hydroxylamine groups is 2. The number of quaternary nitrogens is 1. The van der Waals surface area contributed by atoms with Crippen LogP contribution in [0.1, 0.15) is 15.9 Å². The van der Waals surface area contributed by atoms with Gasteiger partial charge in [-0.1, -0.05) is 40.4 Å². The van der Waals surface area contributed by atoms with Crippen molar-refractivity contribution in [2.75, 3.05) is 32.4 Å². The van der Waals surface area contributed by atoms with Crippen LogP contribution in [0.25, 0.3) is 0 Å². The quantitative estimate of drug-likeness (QED) is 0.408. The lowest BCUT2D eigenvalue weighted by Crippen LogP contribution is -2.62. The lowest BCUT2D eigenvalue weighted by molar-refractivity contribution is -1.01. The van der Waals surface area contributed by atoms with Gasteiger partial charge in [-0.3, -0.25) is 4.79 Å². The summed E-state index contributed by atoms with van der Waals surface area (Å²) in [5, 5.41) is 0. The first-order valence-corrected chi connectivity index (χ1v) is 14.7. The van der Waals surface area contributed by atoms with Gasteiger partial charge in [0.05, 0.1) is 19.3 Å². The number of hydrogen-bond acceptors (Lipinski definition) is 7. The lowest BCUT2D eigenvalue weighted by Gasteiger charge is -2.39. The highest BCUT2D eigenvalue weighted by atomic mass is 32.2. The van der Waals surface area contributed by atoms with Gasteiger partial charge in [0.15, 0.2) is 0 Å². The molecule has 10 nitrogen and oxygen atoms in total. The second-order valence-corrected chi connectivity index (χ2v) is 12.6. The molecule has 1 aliphatic heterocycles. The van der Waals surface area contributed by atoms with Crippen LogP contribution in [0, 0.1) is 0 Å². The van der Waals surface area contributed by atoms with E-state index in [0.717, 1.165) is 6.26 Å². The van der Waals surface area contributed by atoms with Crippen LogP contribution in [0.3, 0.4) is 0 Å². The molecule has 196 valence electrons. The summed E-state index contributed by atoms with van der Waals surface area (Å²) in [6.07, 6.45) is 1.08. The zero-order valence-electron chi connectivity index (χ0n) is 20.2. The molecule has 3 aromatic rings. The third kappa shape index (κ3) is 5.84. The second kappa shape index (κ2) is 10.6.